The van der Waals surface area contributed by atoms with Crippen LogP contribution in [0.25, 0.3) is 5.69 Å². The van der Waals surface area contributed by atoms with E-state index in [0.29, 0.717) is 5.92 Å². The lowest BCUT2D eigenvalue weighted by atomic mass is 10.0. The zero-order valence-electron chi connectivity index (χ0n) is 11.9. The van der Waals surface area contributed by atoms with E-state index in [-0.39, 0.29) is 0 Å². The average Bonchev–Trinajstić information content (AvgIpc) is 2.87. The van der Waals surface area contributed by atoms with Gasteiger partial charge >= 0.3 is 0 Å². The fourth-order valence-electron chi connectivity index (χ4n) is 2.14. The van der Waals surface area contributed by atoms with Crippen LogP contribution in [0.1, 0.15) is 44.4 Å². The smallest absolute Gasteiger partial charge is 0.0783 e. The fraction of sp³-hybridized carbons (Fsp3) is 0.467. The number of rotatable bonds is 6. The van der Waals surface area contributed by atoms with Crippen molar-refractivity contribution in [2.24, 2.45) is 0 Å². The van der Waals surface area contributed by atoms with Crippen LogP contribution >= 0.6 is 0 Å². The lowest BCUT2D eigenvalue weighted by Crippen LogP contribution is -2.17. The molecule has 0 saturated carbocycles. The molecular weight excluding hydrogens is 236 g/mol. The molecule has 102 valence electrons. The van der Waals surface area contributed by atoms with Crippen LogP contribution in [0.15, 0.2) is 30.5 Å². The second kappa shape index (κ2) is 6.48. The number of benzene rings is 1. The van der Waals surface area contributed by atoms with Gasteiger partial charge in [0.2, 0.25) is 0 Å². The molecular formula is C15H22N4. The van der Waals surface area contributed by atoms with Crippen LogP contribution < -0.4 is 5.32 Å². The summed E-state index contributed by atoms with van der Waals surface area (Å²) in [5.74, 6) is 0.469. The largest absolute Gasteiger partial charge is 0.311 e. The van der Waals surface area contributed by atoms with Gasteiger partial charge in [0.05, 0.1) is 17.6 Å². The second-order valence-corrected chi connectivity index (χ2v) is 5.03. The summed E-state index contributed by atoms with van der Waals surface area (Å²) in [7, 11) is 0. The summed E-state index contributed by atoms with van der Waals surface area (Å²) in [5, 5.41) is 11.7. The highest BCUT2D eigenvalue weighted by Gasteiger charge is 2.11. The molecule has 19 heavy (non-hydrogen) atoms. The predicted octanol–water partition coefficient (Wildman–Crippen LogP) is 2.89. The van der Waals surface area contributed by atoms with Crippen molar-refractivity contribution in [3.05, 3.63) is 41.7 Å². The summed E-state index contributed by atoms with van der Waals surface area (Å²) in [5.41, 5.74) is 3.52. The van der Waals surface area contributed by atoms with E-state index in [2.05, 4.69) is 54.6 Å². The molecule has 1 aromatic heterocycles. The van der Waals surface area contributed by atoms with Crippen molar-refractivity contribution >= 4 is 0 Å². The van der Waals surface area contributed by atoms with Gasteiger partial charge in [-0.2, -0.15) is 0 Å². The van der Waals surface area contributed by atoms with Gasteiger partial charge in [-0.1, -0.05) is 44.2 Å². The topological polar surface area (TPSA) is 42.7 Å². The van der Waals surface area contributed by atoms with Gasteiger partial charge in [-0.05, 0) is 30.5 Å². The predicted molar refractivity (Wildman–Crippen MR) is 77.4 cm³/mol. The van der Waals surface area contributed by atoms with E-state index in [4.69, 9.17) is 0 Å². The van der Waals surface area contributed by atoms with Gasteiger partial charge in [-0.15, -0.1) is 5.10 Å². The van der Waals surface area contributed by atoms with Crippen molar-refractivity contribution < 1.29 is 0 Å². The molecule has 0 bridgehead atoms. The van der Waals surface area contributed by atoms with E-state index in [0.717, 1.165) is 30.9 Å². The Morgan fingerprint density at radius 3 is 2.79 bits per heavy atom. The first-order valence-corrected chi connectivity index (χ1v) is 6.93. The number of hydrogen-bond donors (Lipinski definition) is 1. The molecule has 0 saturated heterocycles. The van der Waals surface area contributed by atoms with Gasteiger partial charge in [0.15, 0.2) is 0 Å². The lowest BCUT2D eigenvalue weighted by Gasteiger charge is -2.14. The molecule has 0 fully saturated rings. The summed E-state index contributed by atoms with van der Waals surface area (Å²) in [4.78, 5) is 0. The minimum absolute atomic E-state index is 0.469. The monoisotopic (exact) mass is 258 g/mol. The maximum absolute atomic E-state index is 4.23. The van der Waals surface area contributed by atoms with E-state index < -0.39 is 0 Å². The highest BCUT2D eigenvalue weighted by molar-refractivity contribution is 5.42. The number of aromatic nitrogens is 3. The van der Waals surface area contributed by atoms with Gasteiger partial charge < -0.3 is 5.32 Å². The number of para-hydroxylation sites is 1. The van der Waals surface area contributed by atoms with Gasteiger partial charge in [0, 0.05) is 6.54 Å². The summed E-state index contributed by atoms with van der Waals surface area (Å²) in [6.45, 7) is 8.37. The molecule has 0 unspecified atom stereocenters. The van der Waals surface area contributed by atoms with Crippen LogP contribution in [-0.2, 0) is 6.54 Å². The molecule has 0 spiro atoms. The fourth-order valence-corrected chi connectivity index (χ4v) is 2.14. The van der Waals surface area contributed by atoms with Crippen molar-refractivity contribution in [3.63, 3.8) is 0 Å². The first-order chi connectivity index (χ1) is 9.24. The van der Waals surface area contributed by atoms with Gasteiger partial charge in [0.1, 0.15) is 0 Å². The molecule has 2 rings (SSSR count). The quantitative estimate of drug-likeness (QED) is 0.810. The van der Waals surface area contributed by atoms with E-state index in [1.54, 1.807) is 0 Å². The molecule has 0 aliphatic heterocycles. The van der Waals surface area contributed by atoms with Gasteiger partial charge in [-0.25, -0.2) is 4.68 Å². The van der Waals surface area contributed by atoms with Gasteiger partial charge in [-0.3, -0.25) is 0 Å². The average molecular weight is 258 g/mol. The van der Waals surface area contributed by atoms with Crippen molar-refractivity contribution in [1.82, 2.24) is 20.3 Å². The Morgan fingerprint density at radius 2 is 2.05 bits per heavy atom. The maximum Gasteiger partial charge on any atom is 0.0783 e. The van der Waals surface area contributed by atoms with Crippen LogP contribution in [0.2, 0.25) is 0 Å². The van der Waals surface area contributed by atoms with Crippen molar-refractivity contribution in [2.45, 2.75) is 39.7 Å². The third-order valence-electron chi connectivity index (χ3n) is 3.14. The third kappa shape index (κ3) is 3.20. The standard InChI is InChI=1S/C15H22N4/c1-4-9-16-10-13-11-17-18-19(13)15-8-6-5-7-14(15)12(2)3/h5-8,11-12,16H,4,9-10H2,1-3H3. The SMILES string of the molecule is CCCNCc1cnnn1-c1ccccc1C(C)C. The summed E-state index contributed by atoms with van der Waals surface area (Å²) in [6.07, 6.45) is 2.96. The molecule has 1 N–H and O–H groups in total. The molecule has 1 heterocycles. The zero-order chi connectivity index (χ0) is 13.7. The molecule has 0 aliphatic rings. The van der Waals surface area contributed by atoms with Crippen LogP contribution in [0.3, 0.4) is 0 Å². The third-order valence-corrected chi connectivity index (χ3v) is 3.14. The van der Waals surface area contributed by atoms with E-state index >= 15 is 0 Å². The second-order valence-electron chi connectivity index (χ2n) is 5.03. The number of hydrogen-bond acceptors (Lipinski definition) is 3. The lowest BCUT2D eigenvalue weighted by molar-refractivity contribution is 0.638. The Hall–Kier alpha value is -1.68. The minimum atomic E-state index is 0.469. The molecule has 1 aromatic carbocycles. The molecule has 0 amide bonds. The Morgan fingerprint density at radius 1 is 1.26 bits per heavy atom. The van der Waals surface area contributed by atoms with Crippen molar-refractivity contribution in [2.75, 3.05) is 6.54 Å². The van der Waals surface area contributed by atoms with Gasteiger partial charge in [0.25, 0.3) is 0 Å². The van der Waals surface area contributed by atoms with E-state index in [9.17, 15) is 0 Å². The number of nitrogens with one attached hydrogen (secondary N) is 1. The molecule has 0 radical (unpaired) electrons. The summed E-state index contributed by atoms with van der Waals surface area (Å²) < 4.78 is 1.94. The number of nitrogens with zero attached hydrogens (tertiary/aromatic N) is 3. The molecule has 4 heteroatoms. The minimum Gasteiger partial charge on any atom is -0.311 e. The highest BCUT2D eigenvalue weighted by atomic mass is 15.4. The molecule has 4 nitrogen and oxygen atoms in total. The maximum atomic E-state index is 4.23. The van der Waals surface area contributed by atoms with Crippen LogP contribution in [0, 0.1) is 0 Å². The Labute approximate surface area is 114 Å². The normalized spacial score (nSPS) is 11.2. The van der Waals surface area contributed by atoms with E-state index in [1.807, 2.05) is 16.9 Å². The molecule has 0 aliphatic carbocycles. The Balaban J connectivity index is 2.29. The molecule has 2 aromatic rings. The first-order valence-electron chi connectivity index (χ1n) is 6.93. The molecule has 0 atom stereocenters. The first kappa shape index (κ1) is 13.7. The Kier molecular flexibility index (Phi) is 4.68. The van der Waals surface area contributed by atoms with Crippen LogP contribution in [0.4, 0.5) is 0 Å². The van der Waals surface area contributed by atoms with Crippen LogP contribution in [0.5, 0.6) is 0 Å². The highest BCUT2D eigenvalue weighted by Crippen LogP contribution is 2.22. The summed E-state index contributed by atoms with van der Waals surface area (Å²) in [6, 6.07) is 8.38. The van der Waals surface area contributed by atoms with Crippen molar-refractivity contribution in [3.8, 4) is 5.69 Å². The van der Waals surface area contributed by atoms with Crippen LogP contribution in [-0.4, -0.2) is 21.5 Å². The summed E-state index contributed by atoms with van der Waals surface area (Å²) >= 11 is 0. The zero-order valence-corrected chi connectivity index (χ0v) is 11.9. The Bertz CT molecular complexity index is 516. The van der Waals surface area contributed by atoms with Crippen molar-refractivity contribution in [1.29, 1.82) is 0 Å². The van der Waals surface area contributed by atoms with E-state index in [1.165, 1.54) is 5.56 Å².